The minimum absolute atomic E-state index is 0.865. The van der Waals surface area contributed by atoms with E-state index < -0.39 is 0 Å². The predicted molar refractivity (Wildman–Crippen MR) is 174 cm³/mol. The molecular formula is C38H26N4. The predicted octanol–water partition coefficient (Wildman–Crippen LogP) is 9.86. The maximum absolute atomic E-state index is 5.10. The van der Waals surface area contributed by atoms with Crippen molar-refractivity contribution < 1.29 is 0 Å². The zero-order valence-corrected chi connectivity index (χ0v) is 22.8. The highest BCUT2D eigenvalue weighted by molar-refractivity contribution is 6.09. The number of hydrogen-bond donors (Lipinski definition) is 0. The minimum Gasteiger partial charge on any atom is -0.311 e. The van der Waals surface area contributed by atoms with Crippen molar-refractivity contribution in [2.24, 2.45) is 0 Å². The number of aromatic nitrogens is 3. The van der Waals surface area contributed by atoms with Gasteiger partial charge in [-0.1, -0.05) is 84.9 Å². The Morgan fingerprint density at radius 2 is 0.976 bits per heavy atom. The molecule has 0 saturated heterocycles. The molecule has 198 valence electrons. The van der Waals surface area contributed by atoms with Gasteiger partial charge >= 0.3 is 0 Å². The van der Waals surface area contributed by atoms with Crippen LogP contribution in [0.1, 0.15) is 0 Å². The summed E-state index contributed by atoms with van der Waals surface area (Å²) in [5.41, 5.74) is 11.4. The molecule has 0 unspecified atom stereocenters. The maximum Gasteiger partial charge on any atom is 0.165 e. The largest absolute Gasteiger partial charge is 0.311 e. The third-order valence-electron chi connectivity index (χ3n) is 7.76. The number of para-hydroxylation sites is 5. The summed E-state index contributed by atoms with van der Waals surface area (Å²) < 4.78 is 2.22. The van der Waals surface area contributed by atoms with Crippen LogP contribution in [-0.2, 0) is 0 Å². The molecule has 2 aromatic heterocycles. The lowest BCUT2D eigenvalue weighted by atomic mass is 10.0. The average Bonchev–Trinajstić information content (AvgIpc) is 3.38. The number of nitrogens with zero attached hydrogens (tertiary/aromatic N) is 4. The Morgan fingerprint density at radius 1 is 0.452 bits per heavy atom. The molecule has 0 atom stereocenters. The monoisotopic (exact) mass is 538 g/mol. The van der Waals surface area contributed by atoms with E-state index in [1.807, 2.05) is 42.5 Å². The zero-order chi connectivity index (χ0) is 27.9. The van der Waals surface area contributed by atoms with Crippen molar-refractivity contribution in [1.29, 1.82) is 0 Å². The van der Waals surface area contributed by atoms with Gasteiger partial charge in [0.1, 0.15) is 5.52 Å². The van der Waals surface area contributed by atoms with Gasteiger partial charge in [-0.25, -0.2) is 9.97 Å². The topological polar surface area (TPSA) is 34.0 Å². The highest BCUT2D eigenvalue weighted by atomic mass is 15.1. The van der Waals surface area contributed by atoms with E-state index in [1.54, 1.807) is 0 Å². The molecule has 0 spiro atoms. The Bertz CT molecular complexity index is 2130. The van der Waals surface area contributed by atoms with E-state index in [1.165, 1.54) is 0 Å². The quantitative estimate of drug-likeness (QED) is 0.219. The van der Waals surface area contributed by atoms with Crippen molar-refractivity contribution in [2.75, 3.05) is 4.90 Å². The third kappa shape index (κ3) is 4.09. The van der Waals surface area contributed by atoms with Crippen LogP contribution in [-0.4, -0.2) is 14.5 Å². The van der Waals surface area contributed by atoms with E-state index in [0.717, 1.165) is 67.0 Å². The second-order valence-electron chi connectivity index (χ2n) is 10.3. The van der Waals surface area contributed by atoms with Crippen LogP contribution >= 0.6 is 0 Å². The summed E-state index contributed by atoms with van der Waals surface area (Å²) in [5.74, 6) is 0. The van der Waals surface area contributed by atoms with E-state index in [4.69, 9.17) is 9.97 Å². The van der Waals surface area contributed by atoms with Gasteiger partial charge in [-0.2, -0.15) is 0 Å². The molecule has 0 N–H and O–H groups in total. The Morgan fingerprint density at radius 3 is 1.62 bits per heavy atom. The van der Waals surface area contributed by atoms with E-state index in [-0.39, 0.29) is 0 Å². The highest BCUT2D eigenvalue weighted by Crippen LogP contribution is 2.37. The summed E-state index contributed by atoms with van der Waals surface area (Å²) in [6.45, 7) is 0. The molecule has 4 heteroatoms. The van der Waals surface area contributed by atoms with Gasteiger partial charge in [-0.05, 0) is 83.9 Å². The van der Waals surface area contributed by atoms with Crippen molar-refractivity contribution in [3.05, 3.63) is 158 Å². The van der Waals surface area contributed by atoms with Crippen molar-refractivity contribution in [1.82, 2.24) is 14.5 Å². The molecule has 0 aliphatic carbocycles. The summed E-state index contributed by atoms with van der Waals surface area (Å²) in [5, 5.41) is 1.09. The van der Waals surface area contributed by atoms with Crippen LogP contribution in [0.3, 0.4) is 0 Å². The molecule has 0 fully saturated rings. The second-order valence-corrected chi connectivity index (χ2v) is 10.3. The van der Waals surface area contributed by atoms with Crippen LogP contribution < -0.4 is 4.90 Å². The molecule has 2 heterocycles. The summed E-state index contributed by atoms with van der Waals surface area (Å²) in [4.78, 5) is 12.5. The molecule has 0 bridgehead atoms. The molecule has 4 nitrogen and oxygen atoms in total. The number of benzene rings is 6. The minimum atomic E-state index is 0.865. The van der Waals surface area contributed by atoms with E-state index in [2.05, 4.69) is 125 Å². The average molecular weight is 539 g/mol. The lowest BCUT2D eigenvalue weighted by Crippen LogP contribution is -2.09. The molecule has 0 saturated carbocycles. The first kappa shape index (κ1) is 24.1. The van der Waals surface area contributed by atoms with Crippen LogP contribution in [0.2, 0.25) is 0 Å². The summed E-state index contributed by atoms with van der Waals surface area (Å²) in [7, 11) is 0. The van der Waals surface area contributed by atoms with Crippen LogP contribution in [0.5, 0.6) is 0 Å². The summed E-state index contributed by atoms with van der Waals surface area (Å²) in [6, 6.07) is 54.9. The molecular weight excluding hydrogens is 512 g/mol. The third-order valence-corrected chi connectivity index (χ3v) is 7.76. The van der Waals surface area contributed by atoms with Crippen LogP contribution in [0.15, 0.2) is 158 Å². The van der Waals surface area contributed by atoms with Gasteiger partial charge in [0.25, 0.3) is 0 Å². The summed E-state index contributed by atoms with van der Waals surface area (Å²) >= 11 is 0. The SMILES string of the molecule is c1ccc(N(c2ccccc2)c2ccc(-c3ccc4c(c3)c3nc5ccccc5nc3n4-c3ccccc3)cc2)cc1. The van der Waals surface area contributed by atoms with Gasteiger partial charge in [0.05, 0.1) is 16.6 Å². The second kappa shape index (κ2) is 10.0. The fraction of sp³-hybridized carbons (Fsp3) is 0. The summed E-state index contributed by atoms with van der Waals surface area (Å²) in [6.07, 6.45) is 0. The van der Waals surface area contributed by atoms with E-state index in [0.29, 0.717) is 0 Å². The lowest BCUT2D eigenvalue weighted by molar-refractivity contribution is 1.14. The van der Waals surface area contributed by atoms with Crippen molar-refractivity contribution in [3.63, 3.8) is 0 Å². The smallest absolute Gasteiger partial charge is 0.165 e. The van der Waals surface area contributed by atoms with Gasteiger partial charge < -0.3 is 4.90 Å². The first-order chi connectivity index (χ1) is 20.8. The molecule has 0 radical (unpaired) electrons. The van der Waals surface area contributed by atoms with Crippen LogP contribution in [0, 0.1) is 0 Å². The van der Waals surface area contributed by atoms with Crippen molar-refractivity contribution in [3.8, 4) is 16.8 Å². The van der Waals surface area contributed by atoms with Crippen molar-refractivity contribution >= 4 is 50.2 Å². The van der Waals surface area contributed by atoms with E-state index in [9.17, 15) is 0 Å². The standard InChI is InChI=1S/C38H26N4/c1-4-12-29(13-5-1)41(30-14-6-2-7-15-30)32-23-20-27(21-24-32)28-22-25-36-33(26-28)37-38(42(36)31-16-8-3-9-17-31)40-35-19-11-10-18-34(35)39-37/h1-26H. The van der Waals surface area contributed by atoms with Gasteiger partial charge in [0.15, 0.2) is 5.65 Å². The molecule has 8 rings (SSSR count). The number of fused-ring (bicyclic) bond motifs is 4. The molecule has 0 amide bonds. The molecule has 8 aromatic rings. The zero-order valence-electron chi connectivity index (χ0n) is 22.8. The van der Waals surface area contributed by atoms with Gasteiger partial charge in [-0.3, -0.25) is 4.57 Å². The van der Waals surface area contributed by atoms with Crippen LogP contribution in [0.4, 0.5) is 17.1 Å². The number of anilines is 3. The van der Waals surface area contributed by atoms with Gasteiger partial charge in [-0.15, -0.1) is 0 Å². The van der Waals surface area contributed by atoms with Gasteiger partial charge in [0, 0.05) is 28.1 Å². The Hall–Kier alpha value is -5.74. The molecule has 0 aliphatic heterocycles. The fourth-order valence-corrected chi connectivity index (χ4v) is 5.78. The normalized spacial score (nSPS) is 11.3. The maximum atomic E-state index is 5.10. The molecule has 6 aromatic carbocycles. The molecule has 0 aliphatic rings. The van der Waals surface area contributed by atoms with Crippen molar-refractivity contribution in [2.45, 2.75) is 0 Å². The van der Waals surface area contributed by atoms with Gasteiger partial charge in [0.2, 0.25) is 0 Å². The Kier molecular flexibility index (Phi) is 5.75. The van der Waals surface area contributed by atoms with E-state index >= 15 is 0 Å². The first-order valence-electron chi connectivity index (χ1n) is 14.1. The number of rotatable bonds is 5. The first-order valence-corrected chi connectivity index (χ1v) is 14.1. The lowest BCUT2D eigenvalue weighted by Gasteiger charge is -2.25. The Balaban J connectivity index is 1.27. The molecule has 42 heavy (non-hydrogen) atoms. The highest BCUT2D eigenvalue weighted by Gasteiger charge is 2.17. The number of hydrogen-bond acceptors (Lipinski definition) is 3. The fourth-order valence-electron chi connectivity index (χ4n) is 5.78. The van der Waals surface area contributed by atoms with Crippen LogP contribution in [0.25, 0.3) is 49.9 Å². The Labute approximate surface area is 243 Å².